The molecule has 1 atom stereocenters. The van der Waals surface area contributed by atoms with Crippen LogP contribution in [0, 0.1) is 12.7 Å². The fourth-order valence-corrected chi connectivity index (χ4v) is 4.58. The van der Waals surface area contributed by atoms with E-state index in [-0.39, 0.29) is 46.3 Å². The molecule has 4 rings (SSSR count). The summed E-state index contributed by atoms with van der Waals surface area (Å²) in [6.45, 7) is 8.45. The molecule has 1 aromatic carbocycles. The number of benzene rings is 1. The van der Waals surface area contributed by atoms with Crippen molar-refractivity contribution in [3.8, 4) is 17.1 Å². The van der Waals surface area contributed by atoms with Gasteiger partial charge >= 0.3 is 12.1 Å². The average Bonchev–Trinajstić information content (AvgIpc) is 3.71. The molecule has 42 heavy (non-hydrogen) atoms. The minimum atomic E-state index is -4.82. The zero-order chi connectivity index (χ0) is 31.0. The van der Waals surface area contributed by atoms with Gasteiger partial charge in [0, 0.05) is 17.2 Å². The number of ether oxygens (including phenoxy) is 2. The summed E-state index contributed by atoms with van der Waals surface area (Å²) in [7, 11) is 1.77. The highest BCUT2D eigenvalue weighted by Crippen LogP contribution is 2.45. The molecule has 0 spiro atoms. The van der Waals surface area contributed by atoms with Crippen molar-refractivity contribution in [3.63, 3.8) is 0 Å². The molecular weight excluding hydrogens is 556 g/mol. The van der Waals surface area contributed by atoms with Gasteiger partial charge in [-0.05, 0) is 85.2 Å². The molecule has 9 nitrogen and oxygen atoms in total. The molecule has 0 aliphatic heterocycles. The van der Waals surface area contributed by atoms with Crippen LogP contribution in [0.15, 0.2) is 12.1 Å². The zero-order valence-electron chi connectivity index (χ0n) is 24.5. The second-order valence-electron chi connectivity index (χ2n) is 11.5. The van der Waals surface area contributed by atoms with Gasteiger partial charge in [-0.25, -0.2) is 19.3 Å². The second-order valence-corrected chi connectivity index (χ2v) is 11.5. The van der Waals surface area contributed by atoms with Crippen LogP contribution in [0.2, 0.25) is 0 Å². The van der Waals surface area contributed by atoms with Crippen molar-refractivity contribution in [2.75, 3.05) is 31.2 Å². The smallest absolute Gasteiger partial charge is 0.417 e. The number of alkyl halides is 3. The number of carbonyl (C=O) groups excluding carboxylic acids is 1. The van der Waals surface area contributed by atoms with Gasteiger partial charge in [-0.3, -0.25) is 4.79 Å². The van der Waals surface area contributed by atoms with E-state index in [1.54, 1.807) is 34.7 Å². The summed E-state index contributed by atoms with van der Waals surface area (Å²) < 4.78 is 70.7. The number of aromatic nitrogens is 3. The minimum absolute atomic E-state index is 0.00898. The predicted molar refractivity (Wildman–Crippen MR) is 152 cm³/mol. The normalized spacial score (nSPS) is 14.6. The molecule has 0 bridgehead atoms. The van der Waals surface area contributed by atoms with Gasteiger partial charge in [-0.15, -0.1) is 0 Å². The van der Waals surface area contributed by atoms with Gasteiger partial charge in [-0.1, -0.05) is 0 Å². The molecule has 4 N–H and O–H groups in total. The monoisotopic (exact) mass is 592 g/mol. The molecule has 1 fully saturated rings. The maximum atomic E-state index is 16.4. The zero-order valence-corrected chi connectivity index (χ0v) is 24.5. The van der Waals surface area contributed by atoms with Crippen molar-refractivity contribution in [2.45, 2.75) is 77.7 Å². The number of hydrogen-bond donors (Lipinski definition) is 3. The van der Waals surface area contributed by atoms with Gasteiger partial charge < -0.3 is 25.8 Å². The standard InChI is InChI=1S/C29H36F4N6O3/c1-14-11-17(34)12-18(21(14)29(31,32)33)23-22(30)24-20(27(38-23)41-15(2)9-10-35-6)26(39-25(37-24)16-7-8-16)36-13-19(40)42-28(3,4)5/h11-12,15-16,35H,7-10,13,34H2,1-6H3,(H,36,37,39). The first-order valence-corrected chi connectivity index (χ1v) is 13.7. The summed E-state index contributed by atoms with van der Waals surface area (Å²) >= 11 is 0. The maximum Gasteiger partial charge on any atom is 0.417 e. The van der Waals surface area contributed by atoms with E-state index in [0.29, 0.717) is 18.8 Å². The van der Waals surface area contributed by atoms with Crippen molar-refractivity contribution in [1.82, 2.24) is 20.3 Å². The van der Waals surface area contributed by atoms with E-state index in [9.17, 15) is 18.0 Å². The third-order valence-electron chi connectivity index (χ3n) is 6.54. The number of aryl methyl sites for hydroxylation is 1. The number of nitrogens with one attached hydrogen (secondary N) is 2. The van der Waals surface area contributed by atoms with Crippen LogP contribution in [-0.2, 0) is 15.7 Å². The lowest BCUT2D eigenvalue weighted by Gasteiger charge is -2.22. The van der Waals surface area contributed by atoms with Gasteiger partial charge in [0.05, 0.1) is 11.7 Å². The number of anilines is 2. The van der Waals surface area contributed by atoms with E-state index in [2.05, 4.69) is 25.6 Å². The Labute approximate surface area is 241 Å². The molecule has 0 radical (unpaired) electrons. The molecule has 3 aromatic rings. The van der Waals surface area contributed by atoms with Crippen molar-refractivity contribution in [2.24, 2.45) is 0 Å². The van der Waals surface area contributed by atoms with Gasteiger partial charge in [-0.2, -0.15) is 13.2 Å². The summed E-state index contributed by atoms with van der Waals surface area (Å²) in [4.78, 5) is 25.8. The first-order chi connectivity index (χ1) is 19.6. The third-order valence-corrected chi connectivity index (χ3v) is 6.54. The van der Waals surface area contributed by atoms with Gasteiger partial charge in [0.1, 0.15) is 40.4 Å². The maximum absolute atomic E-state index is 16.4. The highest BCUT2D eigenvalue weighted by atomic mass is 19.4. The number of esters is 1. The van der Waals surface area contributed by atoms with Gasteiger partial charge in [0.2, 0.25) is 5.88 Å². The van der Waals surface area contributed by atoms with Crippen LogP contribution < -0.4 is 21.1 Å². The van der Waals surface area contributed by atoms with E-state index in [1.807, 2.05) is 0 Å². The average molecular weight is 593 g/mol. The van der Waals surface area contributed by atoms with Crippen LogP contribution in [0.1, 0.15) is 69.8 Å². The summed E-state index contributed by atoms with van der Waals surface area (Å²) in [5, 5.41) is 5.92. The van der Waals surface area contributed by atoms with Gasteiger partial charge in [0.25, 0.3) is 0 Å². The van der Waals surface area contributed by atoms with Crippen LogP contribution in [-0.4, -0.2) is 52.8 Å². The van der Waals surface area contributed by atoms with E-state index < -0.39 is 46.5 Å². The Balaban J connectivity index is 1.97. The number of pyridine rings is 1. The van der Waals surface area contributed by atoms with Crippen LogP contribution in [0.4, 0.5) is 29.1 Å². The molecule has 1 aliphatic rings. The predicted octanol–water partition coefficient (Wildman–Crippen LogP) is 5.75. The topological polar surface area (TPSA) is 124 Å². The van der Waals surface area contributed by atoms with E-state index in [0.717, 1.165) is 18.9 Å². The molecule has 2 heterocycles. The molecule has 228 valence electrons. The van der Waals surface area contributed by atoms with Crippen molar-refractivity contribution < 1.29 is 31.8 Å². The van der Waals surface area contributed by atoms with Gasteiger partial charge in [0.15, 0.2) is 5.82 Å². The molecular formula is C29H36F4N6O3. The van der Waals surface area contributed by atoms with E-state index in [1.165, 1.54) is 13.0 Å². The van der Waals surface area contributed by atoms with Crippen LogP contribution >= 0.6 is 0 Å². The van der Waals surface area contributed by atoms with Crippen LogP contribution in [0.3, 0.4) is 0 Å². The Kier molecular flexibility index (Phi) is 8.81. The van der Waals surface area contributed by atoms with Crippen LogP contribution in [0.25, 0.3) is 22.2 Å². The lowest BCUT2D eigenvalue weighted by Crippen LogP contribution is -2.28. The second kappa shape index (κ2) is 11.9. The number of fused-ring (bicyclic) bond motifs is 1. The van der Waals surface area contributed by atoms with E-state index >= 15 is 4.39 Å². The summed E-state index contributed by atoms with van der Waals surface area (Å²) in [6, 6.07) is 2.22. The third kappa shape index (κ3) is 7.18. The van der Waals surface area contributed by atoms with Crippen molar-refractivity contribution in [1.29, 1.82) is 0 Å². The van der Waals surface area contributed by atoms with Crippen LogP contribution in [0.5, 0.6) is 5.88 Å². The number of rotatable bonds is 10. The summed E-state index contributed by atoms with van der Waals surface area (Å²) in [5.74, 6) is -1.51. The lowest BCUT2D eigenvalue weighted by molar-refractivity contribution is -0.152. The summed E-state index contributed by atoms with van der Waals surface area (Å²) in [5.41, 5.74) is 2.57. The summed E-state index contributed by atoms with van der Waals surface area (Å²) in [6.07, 6.45) is -3.24. The number of nitrogen functional groups attached to an aromatic ring is 1. The molecule has 0 saturated heterocycles. The largest absolute Gasteiger partial charge is 0.474 e. The molecule has 0 amide bonds. The quantitative estimate of drug-likeness (QED) is 0.153. The van der Waals surface area contributed by atoms with E-state index in [4.69, 9.17) is 15.2 Å². The fraction of sp³-hybridized carbons (Fsp3) is 0.517. The van der Waals surface area contributed by atoms with Crippen molar-refractivity contribution in [3.05, 3.63) is 34.9 Å². The number of nitrogens with two attached hydrogens (primary N) is 1. The Morgan fingerprint density at radius 2 is 1.86 bits per heavy atom. The fourth-order valence-electron chi connectivity index (χ4n) is 4.58. The number of carbonyl (C=O) groups is 1. The first-order valence-electron chi connectivity index (χ1n) is 13.7. The lowest BCUT2D eigenvalue weighted by atomic mass is 9.96. The van der Waals surface area contributed by atoms with Crippen molar-refractivity contribution >= 4 is 28.4 Å². The number of hydrogen-bond acceptors (Lipinski definition) is 9. The molecule has 1 aliphatic carbocycles. The first kappa shape index (κ1) is 31.2. The highest BCUT2D eigenvalue weighted by molar-refractivity contribution is 5.97. The minimum Gasteiger partial charge on any atom is -0.474 e. The Morgan fingerprint density at radius 1 is 1.17 bits per heavy atom. The number of halogens is 4. The number of nitrogens with zero attached hydrogens (tertiary/aromatic N) is 3. The Hall–Kier alpha value is -3.74. The molecule has 2 aromatic heterocycles. The molecule has 1 unspecified atom stereocenters. The SMILES string of the molecule is CNCCC(C)Oc1nc(-c2cc(N)cc(C)c2C(F)(F)F)c(F)c2nc(C3CC3)nc(NCC(=O)OC(C)(C)C)c12. The molecule has 13 heteroatoms. The Bertz CT molecular complexity index is 1490. The molecule has 1 saturated carbocycles. The Morgan fingerprint density at radius 3 is 2.45 bits per heavy atom. The highest BCUT2D eigenvalue weighted by Gasteiger charge is 2.38.